The average molecular weight is 382 g/mol. The summed E-state index contributed by atoms with van der Waals surface area (Å²) in [5, 5.41) is 11.9. The van der Waals surface area contributed by atoms with E-state index in [-0.39, 0.29) is 11.7 Å². The Balaban J connectivity index is 1.65. The Kier molecular flexibility index (Phi) is 6.22. The first-order valence-corrected chi connectivity index (χ1v) is 9.07. The second-order valence-electron chi connectivity index (χ2n) is 5.40. The first-order valence-electron chi connectivity index (χ1n) is 8.08. The van der Waals surface area contributed by atoms with E-state index in [1.807, 2.05) is 30.3 Å². The van der Waals surface area contributed by atoms with Gasteiger partial charge in [-0.2, -0.15) is 0 Å². The molecule has 1 N–H and O–H groups in total. The average Bonchev–Trinajstić information content (AvgIpc) is 2.73. The van der Waals surface area contributed by atoms with Crippen LogP contribution < -0.4 is 14.8 Å². The van der Waals surface area contributed by atoms with Crippen molar-refractivity contribution in [3.05, 3.63) is 54.9 Å². The maximum atomic E-state index is 12.0. The number of aromatic nitrogens is 3. The van der Waals surface area contributed by atoms with Crippen LogP contribution in [0.1, 0.15) is 0 Å². The van der Waals surface area contributed by atoms with Crippen molar-refractivity contribution in [1.82, 2.24) is 15.2 Å². The minimum atomic E-state index is -0.131. The van der Waals surface area contributed by atoms with Crippen LogP contribution >= 0.6 is 11.8 Å². The molecule has 138 valence electrons. The molecule has 0 saturated carbocycles. The van der Waals surface area contributed by atoms with E-state index in [1.54, 1.807) is 38.7 Å². The van der Waals surface area contributed by atoms with Gasteiger partial charge in [-0.05, 0) is 42.5 Å². The Morgan fingerprint density at radius 3 is 2.67 bits per heavy atom. The number of ether oxygens (including phenoxy) is 2. The van der Waals surface area contributed by atoms with Gasteiger partial charge >= 0.3 is 0 Å². The van der Waals surface area contributed by atoms with Gasteiger partial charge in [0.1, 0.15) is 16.5 Å². The number of methoxy groups -OCH3 is 2. The Morgan fingerprint density at radius 1 is 1.11 bits per heavy atom. The summed E-state index contributed by atoms with van der Waals surface area (Å²) in [7, 11) is 3.21. The molecule has 8 heteroatoms. The van der Waals surface area contributed by atoms with Crippen molar-refractivity contribution in [3.8, 4) is 22.8 Å². The van der Waals surface area contributed by atoms with Gasteiger partial charge in [-0.25, -0.2) is 0 Å². The van der Waals surface area contributed by atoms with Gasteiger partial charge in [0.15, 0.2) is 0 Å². The van der Waals surface area contributed by atoms with Crippen molar-refractivity contribution in [3.63, 3.8) is 0 Å². The molecule has 0 unspecified atom stereocenters. The van der Waals surface area contributed by atoms with Gasteiger partial charge in [0.25, 0.3) is 0 Å². The maximum Gasteiger partial charge on any atom is 0.234 e. The number of nitrogens with one attached hydrogen (secondary N) is 1. The van der Waals surface area contributed by atoms with Crippen LogP contribution in [0.3, 0.4) is 0 Å². The summed E-state index contributed by atoms with van der Waals surface area (Å²) in [4.78, 5) is 15.9. The highest BCUT2D eigenvalue weighted by Gasteiger charge is 2.11. The molecule has 2 aromatic heterocycles. The number of hydrogen-bond acceptors (Lipinski definition) is 7. The number of thioether (sulfide) groups is 1. The number of nitrogens with zero attached hydrogens (tertiary/aromatic N) is 3. The molecule has 0 aliphatic rings. The van der Waals surface area contributed by atoms with E-state index in [0.717, 1.165) is 5.56 Å². The third-order valence-electron chi connectivity index (χ3n) is 3.62. The topological polar surface area (TPSA) is 86.2 Å². The van der Waals surface area contributed by atoms with Crippen LogP contribution in [0.15, 0.2) is 59.9 Å². The molecule has 0 bridgehead atoms. The zero-order chi connectivity index (χ0) is 19.1. The number of amides is 1. The SMILES string of the molecule is COc1ccc(OC)c(-c2ccc(SCC(=O)Nc3cccnc3)nn2)c1. The molecule has 0 fully saturated rings. The van der Waals surface area contributed by atoms with Crippen LogP contribution in [0.4, 0.5) is 5.69 Å². The summed E-state index contributed by atoms with van der Waals surface area (Å²) in [5.74, 6) is 1.48. The molecule has 1 amide bonds. The van der Waals surface area contributed by atoms with E-state index in [9.17, 15) is 4.79 Å². The van der Waals surface area contributed by atoms with Crippen LogP contribution in [-0.2, 0) is 4.79 Å². The number of pyridine rings is 1. The van der Waals surface area contributed by atoms with Gasteiger partial charge in [0.05, 0.1) is 37.6 Å². The fourth-order valence-electron chi connectivity index (χ4n) is 2.33. The lowest BCUT2D eigenvalue weighted by molar-refractivity contribution is -0.113. The molecule has 2 heterocycles. The minimum Gasteiger partial charge on any atom is -0.497 e. The summed E-state index contributed by atoms with van der Waals surface area (Å²) in [6.45, 7) is 0. The number of carbonyl (C=O) groups excluding carboxylic acids is 1. The number of carbonyl (C=O) groups is 1. The summed E-state index contributed by atoms with van der Waals surface area (Å²) in [5.41, 5.74) is 2.11. The van der Waals surface area contributed by atoms with Gasteiger partial charge in [-0.3, -0.25) is 9.78 Å². The number of rotatable bonds is 7. The van der Waals surface area contributed by atoms with Crippen molar-refractivity contribution in [2.75, 3.05) is 25.3 Å². The summed E-state index contributed by atoms with van der Waals surface area (Å²) >= 11 is 1.31. The van der Waals surface area contributed by atoms with E-state index in [4.69, 9.17) is 9.47 Å². The fourth-order valence-corrected chi connectivity index (χ4v) is 2.94. The normalized spacial score (nSPS) is 10.3. The maximum absolute atomic E-state index is 12.0. The van der Waals surface area contributed by atoms with E-state index < -0.39 is 0 Å². The number of benzene rings is 1. The molecule has 7 nitrogen and oxygen atoms in total. The van der Waals surface area contributed by atoms with Crippen LogP contribution in [0, 0.1) is 0 Å². The summed E-state index contributed by atoms with van der Waals surface area (Å²) < 4.78 is 10.6. The molecule has 27 heavy (non-hydrogen) atoms. The molecular formula is C19H18N4O3S. The molecule has 0 aliphatic carbocycles. The van der Waals surface area contributed by atoms with Crippen molar-refractivity contribution in [1.29, 1.82) is 0 Å². The molecular weight excluding hydrogens is 364 g/mol. The highest BCUT2D eigenvalue weighted by Crippen LogP contribution is 2.32. The van der Waals surface area contributed by atoms with Gasteiger partial charge in [0.2, 0.25) is 5.91 Å². The van der Waals surface area contributed by atoms with Gasteiger partial charge in [-0.15, -0.1) is 10.2 Å². The van der Waals surface area contributed by atoms with Crippen molar-refractivity contribution < 1.29 is 14.3 Å². The predicted molar refractivity (Wildman–Crippen MR) is 104 cm³/mol. The Bertz CT molecular complexity index is 905. The third-order valence-corrected chi connectivity index (χ3v) is 4.54. The molecule has 3 aromatic rings. The summed E-state index contributed by atoms with van der Waals surface area (Å²) in [6, 6.07) is 12.7. The first-order chi connectivity index (χ1) is 13.2. The van der Waals surface area contributed by atoms with Crippen molar-refractivity contribution in [2.45, 2.75) is 5.03 Å². The lowest BCUT2D eigenvalue weighted by Crippen LogP contribution is -2.14. The number of anilines is 1. The largest absolute Gasteiger partial charge is 0.497 e. The van der Waals surface area contributed by atoms with Crippen LogP contribution in [0.5, 0.6) is 11.5 Å². The fraction of sp³-hybridized carbons (Fsp3) is 0.158. The Hall–Kier alpha value is -3.13. The smallest absolute Gasteiger partial charge is 0.234 e. The molecule has 0 atom stereocenters. The molecule has 0 saturated heterocycles. The van der Waals surface area contributed by atoms with Crippen molar-refractivity contribution in [2.24, 2.45) is 0 Å². The minimum absolute atomic E-state index is 0.131. The first kappa shape index (κ1) is 18.7. The van der Waals surface area contributed by atoms with E-state index >= 15 is 0 Å². The quantitative estimate of drug-likeness (QED) is 0.628. The van der Waals surface area contributed by atoms with E-state index in [2.05, 4.69) is 20.5 Å². The molecule has 1 aromatic carbocycles. The standard InChI is InChI=1S/C19H18N4O3S/c1-25-14-5-7-17(26-2)15(10-14)16-6-8-19(23-22-16)27-12-18(24)21-13-4-3-9-20-11-13/h3-11H,12H2,1-2H3,(H,21,24). The number of hydrogen-bond donors (Lipinski definition) is 1. The highest BCUT2D eigenvalue weighted by atomic mass is 32.2. The van der Waals surface area contributed by atoms with Crippen LogP contribution in [-0.4, -0.2) is 41.1 Å². The second-order valence-corrected chi connectivity index (χ2v) is 6.40. The van der Waals surface area contributed by atoms with Crippen molar-refractivity contribution >= 4 is 23.4 Å². The zero-order valence-electron chi connectivity index (χ0n) is 14.9. The van der Waals surface area contributed by atoms with Crippen LogP contribution in [0.25, 0.3) is 11.3 Å². The zero-order valence-corrected chi connectivity index (χ0v) is 15.7. The predicted octanol–water partition coefficient (Wildman–Crippen LogP) is 3.29. The van der Waals surface area contributed by atoms with Gasteiger partial charge < -0.3 is 14.8 Å². The third kappa shape index (κ3) is 4.95. The Labute approximate surface area is 161 Å². The van der Waals surface area contributed by atoms with Gasteiger partial charge in [0, 0.05) is 11.8 Å². The van der Waals surface area contributed by atoms with Crippen LogP contribution in [0.2, 0.25) is 0 Å². The van der Waals surface area contributed by atoms with Gasteiger partial charge in [-0.1, -0.05) is 11.8 Å². The Morgan fingerprint density at radius 2 is 2.00 bits per heavy atom. The second kappa shape index (κ2) is 9.00. The molecule has 0 aliphatic heterocycles. The van der Waals surface area contributed by atoms with E-state index in [1.165, 1.54) is 11.8 Å². The molecule has 3 rings (SSSR count). The molecule has 0 spiro atoms. The summed E-state index contributed by atoms with van der Waals surface area (Å²) in [6.07, 6.45) is 3.25. The monoisotopic (exact) mass is 382 g/mol. The lowest BCUT2D eigenvalue weighted by atomic mass is 10.1. The highest BCUT2D eigenvalue weighted by molar-refractivity contribution is 7.99. The van der Waals surface area contributed by atoms with E-state index in [0.29, 0.717) is 27.9 Å². The molecule has 0 radical (unpaired) electrons. The lowest BCUT2D eigenvalue weighted by Gasteiger charge is -2.10.